The lowest BCUT2D eigenvalue weighted by atomic mass is 10.3. The molecule has 7 nitrogen and oxygen atoms in total. The third-order valence-corrected chi connectivity index (χ3v) is 4.46. The quantitative estimate of drug-likeness (QED) is 0.578. The van der Waals surface area contributed by atoms with Gasteiger partial charge in [0.25, 0.3) is 11.6 Å². The van der Waals surface area contributed by atoms with E-state index in [0.29, 0.717) is 16.4 Å². The van der Waals surface area contributed by atoms with Crippen molar-refractivity contribution in [2.75, 3.05) is 5.32 Å². The number of amides is 1. The first-order chi connectivity index (χ1) is 11.5. The number of nitrogens with one attached hydrogen (secondary N) is 1. The minimum Gasteiger partial charge on any atom is -0.306 e. The van der Waals surface area contributed by atoms with Crippen molar-refractivity contribution in [3.63, 3.8) is 0 Å². The number of benzene rings is 1. The van der Waals surface area contributed by atoms with Gasteiger partial charge in [0.05, 0.1) is 21.2 Å². The third-order valence-electron chi connectivity index (χ3n) is 3.45. The van der Waals surface area contributed by atoms with Crippen LogP contribution in [-0.2, 0) is 0 Å². The van der Waals surface area contributed by atoms with Gasteiger partial charge in [0.1, 0.15) is 5.82 Å². The van der Waals surface area contributed by atoms with E-state index in [1.807, 2.05) is 25.3 Å². The summed E-state index contributed by atoms with van der Waals surface area (Å²) in [5.74, 6) is 0.310. The summed E-state index contributed by atoms with van der Waals surface area (Å²) in [6.45, 7) is 3.69. The molecule has 1 N–H and O–H groups in total. The normalized spacial score (nSPS) is 10.6. The van der Waals surface area contributed by atoms with Crippen LogP contribution in [0.3, 0.4) is 0 Å². The first-order valence-corrected chi connectivity index (χ1v) is 8.00. The van der Waals surface area contributed by atoms with Gasteiger partial charge in [-0.3, -0.25) is 14.9 Å². The summed E-state index contributed by atoms with van der Waals surface area (Å²) in [7, 11) is 0. The van der Waals surface area contributed by atoms with Crippen LogP contribution in [-0.4, -0.2) is 20.6 Å². The highest BCUT2D eigenvalue weighted by Gasteiger charge is 2.15. The number of nitrogens with zero attached hydrogens (tertiary/aromatic N) is 3. The number of carbonyl (C=O) groups is 1. The Morgan fingerprint density at radius 1 is 1.25 bits per heavy atom. The van der Waals surface area contributed by atoms with Crippen molar-refractivity contribution < 1.29 is 9.72 Å². The van der Waals surface area contributed by atoms with E-state index in [0.717, 1.165) is 11.3 Å². The molecule has 0 atom stereocenters. The molecule has 1 amide bonds. The van der Waals surface area contributed by atoms with Gasteiger partial charge >= 0.3 is 0 Å². The van der Waals surface area contributed by atoms with Crippen molar-refractivity contribution in [1.29, 1.82) is 0 Å². The molecule has 0 fully saturated rings. The lowest BCUT2D eigenvalue weighted by Gasteiger charge is -2.08. The zero-order valence-electron chi connectivity index (χ0n) is 13.0. The lowest BCUT2D eigenvalue weighted by molar-refractivity contribution is -0.384. The van der Waals surface area contributed by atoms with E-state index in [9.17, 15) is 14.9 Å². The van der Waals surface area contributed by atoms with Crippen LogP contribution in [0.2, 0.25) is 0 Å². The Morgan fingerprint density at radius 3 is 2.54 bits per heavy atom. The zero-order chi connectivity index (χ0) is 17.3. The topological polar surface area (TPSA) is 90.1 Å². The molecule has 0 aliphatic carbocycles. The SMILES string of the molecule is Cc1cc(NC(=O)c2sccc2C)n(-c2ccc([N+](=O)[O-])cc2)n1. The molecule has 2 aromatic heterocycles. The minimum absolute atomic E-state index is 0.00224. The number of nitro benzene ring substituents is 1. The van der Waals surface area contributed by atoms with Gasteiger partial charge in [0.2, 0.25) is 0 Å². The molecular formula is C16H14N4O3S. The van der Waals surface area contributed by atoms with Crippen molar-refractivity contribution in [2.24, 2.45) is 0 Å². The molecule has 0 spiro atoms. The molecule has 0 aliphatic heterocycles. The van der Waals surface area contributed by atoms with Gasteiger partial charge in [0, 0.05) is 18.2 Å². The summed E-state index contributed by atoms with van der Waals surface area (Å²) in [6.07, 6.45) is 0. The Morgan fingerprint density at radius 2 is 1.96 bits per heavy atom. The van der Waals surface area contributed by atoms with Gasteiger partial charge in [-0.05, 0) is 43.0 Å². The summed E-state index contributed by atoms with van der Waals surface area (Å²) in [5, 5.41) is 19.8. The predicted molar refractivity (Wildman–Crippen MR) is 92.0 cm³/mol. The number of rotatable bonds is 4. The first kappa shape index (κ1) is 15.9. The fraction of sp³-hybridized carbons (Fsp3) is 0.125. The summed E-state index contributed by atoms with van der Waals surface area (Å²) >= 11 is 1.37. The molecule has 8 heteroatoms. The van der Waals surface area contributed by atoms with Gasteiger partial charge in [-0.1, -0.05) is 0 Å². The van der Waals surface area contributed by atoms with E-state index < -0.39 is 4.92 Å². The molecule has 1 aromatic carbocycles. The number of thiophene rings is 1. The summed E-state index contributed by atoms with van der Waals surface area (Å²) in [6, 6.07) is 9.64. The van der Waals surface area contributed by atoms with Crippen LogP contribution in [0.25, 0.3) is 5.69 Å². The number of hydrogen-bond acceptors (Lipinski definition) is 5. The number of aryl methyl sites for hydroxylation is 2. The standard InChI is InChI=1S/C16H14N4O3S/c1-10-7-8-24-15(10)16(21)17-14-9-11(2)18-19(14)12-3-5-13(6-4-12)20(22)23/h3-9H,1-2H3,(H,17,21). The second-order valence-electron chi connectivity index (χ2n) is 5.24. The van der Waals surface area contributed by atoms with Crippen LogP contribution in [0.1, 0.15) is 20.9 Å². The molecule has 3 rings (SSSR count). The molecule has 0 radical (unpaired) electrons. The summed E-state index contributed by atoms with van der Waals surface area (Å²) < 4.78 is 1.56. The average Bonchev–Trinajstić information content (AvgIpc) is 3.13. The number of anilines is 1. The molecule has 0 unspecified atom stereocenters. The Labute approximate surface area is 141 Å². The van der Waals surface area contributed by atoms with Crippen LogP contribution in [0.5, 0.6) is 0 Å². The van der Waals surface area contributed by atoms with Crippen LogP contribution in [0, 0.1) is 24.0 Å². The van der Waals surface area contributed by atoms with E-state index in [1.54, 1.807) is 22.9 Å². The maximum atomic E-state index is 12.4. The largest absolute Gasteiger partial charge is 0.306 e. The molecule has 122 valence electrons. The van der Waals surface area contributed by atoms with Crippen LogP contribution in [0.15, 0.2) is 41.8 Å². The highest BCUT2D eigenvalue weighted by molar-refractivity contribution is 7.12. The van der Waals surface area contributed by atoms with Gasteiger partial charge in [-0.2, -0.15) is 5.10 Å². The maximum absolute atomic E-state index is 12.4. The minimum atomic E-state index is -0.458. The van der Waals surface area contributed by atoms with Crippen LogP contribution >= 0.6 is 11.3 Å². The van der Waals surface area contributed by atoms with Crippen molar-refractivity contribution in [3.8, 4) is 5.69 Å². The summed E-state index contributed by atoms with van der Waals surface area (Å²) in [4.78, 5) is 23.3. The van der Waals surface area contributed by atoms with Crippen molar-refractivity contribution in [1.82, 2.24) is 9.78 Å². The molecule has 24 heavy (non-hydrogen) atoms. The van der Waals surface area contributed by atoms with Gasteiger partial charge in [-0.25, -0.2) is 4.68 Å². The second-order valence-corrected chi connectivity index (χ2v) is 6.16. The van der Waals surface area contributed by atoms with E-state index in [-0.39, 0.29) is 11.6 Å². The first-order valence-electron chi connectivity index (χ1n) is 7.12. The van der Waals surface area contributed by atoms with E-state index in [2.05, 4.69) is 10.4 Å². The Hall–Kier alpha value is -3.00. The highest BCUT2D eigenvalue weighted by Crippen LogP contribution is 2.22. The smallest absolute Gasteiger partial charge is 0.269 e. The van der Waals surface area contributed by atoms with Crippen LogP contribution in [0.4, 0.5) is 11.5 Å². The van der Waals surface area contributed by atoms with E-state index in [4.69, 9.17) is 0 Å². The van der Waals surface area contributed by atoms with Gasteiger partial charge in [-0.15, -0.1) is 11.3 Å². The zero-order valence-corrected chi connectivity index (χ0v) is 13.8. The molecular weight excluding hydrogens is 328 g/mol. The molecule has 2 heterocycles. The van der Waals surface area contributed by atoms with E-state index in [1.165, 1.54) is 23.5 Å². The van der Waals surface area contributed by atoms with Crippen molar-refractivity contribution in [2.45, 2.75) is 13.8 Å². The van der Waals surface area contributed by atoms with Crippen LogP contribution < -0.4 is 5.32 Å². The molecule has 0 saturated carbocycles. The number of nitro groups is 1. The van der Waals surface area contributed by atoms with E-state index >= 15 is 0 Å². The fourth-order valence-electron chi connectivity index (χ4n) is 2.28. The molecule has 0 bridgehead atoms. The second kappa shape index (κ2) is 6.25. The number of carbonyl (C=O) groups excluding carboxylic acids is 1. The summed E-state index contributed by atoms with van der Waals surface area (Å²) in [5.41, 5.74) is 2.27. The average molecular weight is 342 g/mol. The molecule has 3 aromatic rings. The Kier molecular flexibility index (Phi) is 4.13. The molecule has 0 aliphatic rings. The Balaban J connectivity index is 1.92. The highest BCUT2D eigenvalue weighted by atomic mass is 32.1. The van der Waals surface area contributed by atoms with Crippen molar-refractivity contribution in [3.05, 3.63) is 68.0 Å². The number of non-ortho nitro benzene ring substituents is 1. The third kappa shape index (κ3) is 3.04. The lowest BCUT2D eigenvalue weighted by Crippen LogP contribution is -2.14. The number of hydrogen-bond donors (Lipinski definition) is 1. The monoisotopic (exact) mass is 342 g/mol. The fourth-order valence-corrected chi connectivity index (χ4v) is 3.10. The van der Waals surface area contributed by atoms with Gasteiger partial charge in [0.15, 0.2) is 0 Å². The number of aromatic nitrogens is 2. The van der Waals surface area contributed by atoms with Crippen molar-refractivity contribution >= 4 is 28.7 Å². The predicted octanol–water partition coefficient (Wildman–Crippen LogP) is 3.71. The van der Waals surface area contributed by atoms with Gasteiger partial charge < -0.3 is 5.32 Å². The maximum Gasteiger partial charge on any atom is 0.269 e. The molecule has 0 saturated heterocycles. The Bertz CT molecular complexity index is 912.